The Morgan fingerprint density at radius 2 is 2.18 bits per heavy atom. The molecule has 0 spiro atoms. The van der Waals surface area contributed by atoms with Crippen LogP contribution in [0.25, 0.3) is 0 Å². The van der Waals surface area contributed by atoms with E-state index in [-0.39, 0.29) is 0 Å². The number of hydrogen-bond donors (Lipinski definition) is 1. The highest BCUT2D eigenvalue weighted by Gasteiger charge is 1.95. The second kappa shape index (κ2) is 5.78. The summed E-state index contributed by atoms with van der Waals surface area (Å²) in [6.07, 6.45) is 8.33. The van der Waals surface area contributed by atoms with E-state index < -0.39 is 0 Å². The summed E-state index contributed by atoms with van der Waals surface area (Å²) in [6, 6.07) is 0. The third-order valence-corrected chi connectivity index (χ3v) is 1.30. The lowest BCUT2D eigenvalue weighted by Gasteiger charge is -2.03. The molecule has 0 unspecified atom stereocenters. The molecule has 2 N–H and O–H groups in total. The Balaban J connectivity index is 3.98. The van der Waals surface area contributed by atoms with Gasteiger partial charge in [0.25, 0.3) is 0 Å². The molecular weight excluding hydrogens is 134 g/mol. The van der Waals surface area contributed by atoms with E-state index in [2.05, 4.69) is 20.4 Å². The van der Waals surface area contributed by atoms with E-state index in [1.54, 1.807) is 12.3 Å². The molecule has 0 fully saturated rings. The number of rotatable bonds is 4. The Bertz CT molecular complexity index is 164. The van der Waals surface area contributed by atoms with Crippen molar-refractivity contribution in [3.8, 4) is 0 Å². The van der Waals surface area contributed by atoms with Crippen molar-refractivity contribution in [1.82, 2.24) is 0 Å². The molecule has 11 heavy (non-hydrogen) atoms. The van der Waals surface area contributed by atoms with Crippen molar-refractivity contribution < 1.29 is 0 Å². The highest BCUT2D eigenvalue weighted by molar-refractivity contribution is 5.20. The van der Waals surface area contributed by atoms with Crippen molar-refractivity contribution in [1.29, 1.82) is 0 Å². The summed E-state index contributed by atoms with van der Waals surface area (Å²) in [4.78, 5) is 0. The molecule has 0 rings (SSSR count). The maximum absolute atomic E-state index is 5.41. The predicted molar refractivity (Wildman–Crippen MR) is 51.1 cm³/mol. The maximum Gasteiger partial charge on any atom is -0.00296 e. The summed E-state index contributed by atoms with van der Waals surface area (Å²) < 4.78 is 0. The van der Waals surface area contributed by atoms with Gasteiger partial charge in [0.15, 0.2) is 0 Å². The van der Waals surface area contributed by atoms with Crippen LogP contribution in [0.15, 0.2) is 36.6 Å². The average molecular weight is 151 g/mol. The molecule has 0 atom stereocenters. The summed E-state index contributed by atoms with van der Waals surface area (Å²) in [5, 5.41) is 0. The molecule has 0 aliphatic carbocycles. The van der Waals surface area contributed by atoms with Crippen LogP contribution < -0.4 is 5.73 Å². The SMILES string of the molecule is C=C/C=C\C(=C/N)CC(C)C. The van der Waals surface area contributed by atoms with Crippen molar-refractivity contribution in [2.45, 2.75) is 20.3 Å². The highest BCUT2D eigenvalue weighted by Crippen LogP contribution is 2.10. The Kier molecular flexibility index (Phi) is 5.26. The maximum atomic E-state index is 5.41. The van der Waals surface area contributed by atoms with E-state index in [0.29, 0.717) is 5.92 Å². The fraction of sp³-hybridized carbons (Fsp3) is 0.400. The van der Waals surface area contributed by atoms with Gasteiger partial charge in [-0.15, -0.1) is 0 Å². The van der Waals surface area contributed by atoms with Gasteiger partial charge in [0.05, 0.1) is 0 Å². The zero-order chi connectivity index (χ0) is 8.69. The Hall–Kier alpha value is -0.980. The first-order valence-electron chi connectivity index (χ1n) is 3.90. The molecule has 0 aliphatic heterocycles. The molecule has 0 aliphatic rings. The third-order valence-electron chi connectivity index (χ3n) is 1.30. The molecule has 1 nitrogen and oxygen atoms in total. The van der Waals surface area contributed by atoms with Gasteiger partial charge in [-0.1, -0.05) is 38.7 Å². The minimum Gasteiger partial charge on any atom is -0.404 e. The van der Waals surface area contributed by atoms with Crippen LogP contribution in [0.5, 0.6) is 0 Å². The Morgan fingerprint density at radius 1 is 1.55 bits per heavy atom. The van der Waals surface area contributed by atoms with Gasteiger partial charge in [0, 0.05) is 0 Å². The Labute approximate surface area is 69.3 Å². The van der Waals surface area contributed by atoms with Crippen LogP contribution in [-0.4, -0.2) is 0 Å². The molecule has 0 aromatic carbocycles. The van der Waals surface area contributed by atoms with E-state index in [9.17, 15) is 0 Å². The molecule has 62 valence electrons. The van der Waals surface area contributed by atoms with E-state index in [1.165, 1.54) is 5.57 Å². The van der Waals surface area contributed by atoms with Gasteiger partial charge in [-0.25, -0.2) is 0 Å². The van der Waals surface area contributed by atoms with Crippen molar-refractivity contribution in [2.75, 3.05) is 0 Å². The average Bonchev–Trinajstić information content (AvgIpc) is 1.97. The zero-order valence-electron chi connectivity index (χ0n) is 7.38. The largest absolute Gasteiger partial charge is 0.404 e. The fourth-order valence-electron chi connectivity index (χ4n) is 0.855. The van der Waals surface area contributed by atoms with Crippen LogP contribution in [0.2, 0.25) is 0 Å². The summed E-state index contributed by atoms with van der Waals surface area (Å²) in [7, 11) is 0. The molecule has 1 heteroatoms. The summed E-state index contributed by atoms with van der Waals surface area (Å²) >= 11 is 0. The monoisotopic (exact) mass is 151 g/mol. The van der Waals surface area contributed by atoms with E-state index >= 15 is 0 Å². The van der Waals surface area contributed by atoms with Gasteiger partial charge in [-0.2, -0.15) is 0 Å². The topological polar surface area (TPSA) is 26.0 Å². The van der Waals surface area contributed by atoms with E-state index in [1.807, 2.05) is 12.2 Å². The predicted octanol–water partition coefficient (Wildman–Crippen LogP) is 2.62. The first-order chi connectivity index (χ1) is 5.20. The molecule has 0 heterocycles. The zero-order valence-corrected chi connectivity index (χ0v) is 7.38. The van der Waals surface area contributed by atoms with Crippen LogP contribution in [0, 0.1) is 5.92 Å². The molecule has 0 bridgehead atoms. The van der Waals surface area contributed by atoms with Crippen molar-refractivity contribution in [3.05, 3.63) is 36.6 Å². The van der Waals surface area contributed by atoms with Crippen molar-refractivity contribution in [3.63, 3.8) is 0 Å². The molecule has 0 amide bonds. The van der Waals surface area contributed by atoms with Crippen molar-refractivity contribution >= 4 is 0 Å². The lowest BCUT2D eigenvalue weighted by atomic mass is 10.0. The second-order valence-electron chi connectivity index (χ2n) is 2.93. The fourth-order valence-corrected chi connectivity index (χ4v) is 0.855. The lowest BCUT2D eigenvalue weighted by molar-refractivity contribution is 0.649. The van der Waals surface area contributed by atoms with Gasteiger partial charge in [0.1, 0.15) is 0 Å². The number of nitrogens with two attached hydrogens (primary N) is 1. The molecule has 0 aromatic rings. The smallest absolute Gasteiger partial charge is 0.00296 e. The summed E-state index contributed by atoms with van der Waals surface area (Å²) in [5.74, 6) is 0.652. The normalized spacial score (nSPS) is 12.8. The van der Waals surface area contributed by atoms with Crippen LogP contribution in [0.3, 0.4) is 0 Å². The number of hydrogen-bond acceptors (Lipinski definition) is 1. The van der Waals surface area contributed by atoms with E-state index in [4.69, 9.17) is 5.73 Å². The van der Waals surface area contributed by atoms with Crippen LogP contribution in [0.4, 0.5) is 0 Å². The molecule has 0 saturated heterocycles. The van der Waals surface area contributed by atoms with Gasteiger partial charge < -0.3 is 5.73 Å². The summed E-state index contributed by atoms with van der Waals surface area (Å²) in [6.45, 7) is 7.93. The third kappa shape index (κ3) is 5.46. The number of allylic oxidation sites excluding steroid dienone is 4. The van der Waals surface area contributed by atoms with Crippen LogP contribution >= 0.6 is 0 Å². The quantitative estimate of drug-likeness (QED) is 0.614. The van der Waals surface area contributed by atoms with Gasteiger partial charge in [-0.3, -0.25) is 0 Å². The molecular formula is C10H17N. The minimum atomic E-state index is 0.652. The van der Waals surface area contributed by atoms with Crippen LogP contribution in [0.1, 0.15) is 20.3 Å². The van der Waals surface area contributed by atoms with Crippen molar-refractivity contribution in [2.24, 2.45) is 11.7 Å². The van der Waals surface area contributed by atoms with Gasteiger partial charge >= 0.3 is 0 Å². The standard InChI is InChI=1S/C10H17N/c1-4-5-6-10(8-11)7-9(2)3/h4-6,8-9H,1,7,11H2,2-3H3/b6-5-,10-8+. The minimum absolute atomic E-state index is 0.652. The first kappa shape index (κ1) is 10.0. The highest BCUT2D eigenvalue weighted by atomic mass is 14.5. The second-order valence-corrected chi connectivity index (χ2v) is 2.93. The molecule has 0 aromatic heterocycles. The van der Waals surface area contributed by atoms with Gasteiger partial charge in [0.2, 0.25) is 0 Å². The van der Waals surface area contributed by atoms with Crippen LogP contribution in [-0.2, 0) is 0 Å². The van der Waals surface area contributed by atoms with E-state index in [0.717, 1.165) is 6.42 Å². The first-order valence-corrected chi connectivity index (χ1v) is 3.90. The van der Waals surface area contributed by atoms with Gasteiger partial charge in [-0.05, 0) is 24.1 Å². The molecule has 0 radical (unpaired) electrons. The molecule has 0 saturated carbocycles. The summed E-state index contributed by atoms with van der Waals surface area (Å²) in [5.41, 5.74) is 6.58. The lowest BCUT2D eigenvalue weighted by Crippen LogP contribution is -1.92. The Morgan fingerprint density at radius 3 is 2.55 bits per heavy atom.